The fourth-order valence-electron chi connectivity index (χ4n) is 1.77. The van der Waals surface area contributed by atoms with Gasteiger partial charge in [0.25, 0.3) is 0 Å². The van der Waals surface area contributed by atoms with E-state index < -0.39 is 0 Å². The van der Waals surface area contributed by atoms with Crippen molar-refractivity contribution >= 4 is 0 Å². The summed E-state index contributed by atoms with van der Waals surface area (Å²) in [5.41, 5.74) is 0. The van der Waals surface area contributed by atoms with Crippen molar-refractivity contribution in [1.82, 2.24) is 14.7 Å². The summed E-state index contributed by atoms with van der Waals surface area (Å²) in [7, 11) is 8.75. The summed E-state index contributed by atoms with van der Waals surface area (Å²) in [6.07, 6.45) is 4.15. The molecule has 1 aliphatic carbocycles. The van der Waals surface area contributed by atoms with Gasteiger partial charge in [-0.1, -0.05) is 0 Å². The Kier molecular flexibility index (Phi) is 5.58. The smallest absolute Gasteiger partial charge is 0.0106 e. The third kappa shape index (κ3) is 6.13. The first-order valence-electron chi connectivity index (χ1n) is 6.13. The molecule has 1 aliphatic rings. The molecule has 3 heteroatoms. The van der Waals surface area contributed by atoms with E-state index in [2.05, 4.69) is 42.9 Å². The second-order valence-electron chi connectivity index (χ2n) is 5.17. The first kappa shape index (κ1) is 12.9. The lowest BCUT2D eigenvalue weighted by molar-refractivity contribution is 0.253. The van der Waals surface area contributed by atoms with Crippen molar-refractivity contribution in [3.05, 3.63) is 0 Å². The summed E-state index contributed by atoms with van der Waals surface area (Å²) in [6.45, 7) is 4.83. The third-order valence-corrected chi connectivity index (χ3v) is 3.15. The van der Waals surface area contributed by atoms with E-state index in [1.807, 2.05) is 0 Å². The van der Waals surface area contributed by atoms with Gasteiger partial charge in [0.2, 0.25) is 0 Å². The van der Waals surface area contributed by atoms with Crippen LogP contribution in [0.3, 0.4) is 0 Å². The van der Waals surface area contributed by atoms with Crippen molar-refractivity contribution in [2.75, 3.05) is 54.4 Å². The van der Waals surface area contributed by atoms with Crippen LogP contribution in [0.25, 0.3) is 0 Å². The minimum Gasteiger partial charge on any atom is -0.308 e. The van der Waals surface area contributed by atoms with Crippen molar-refractivity contribution in [2.45, 2.75) is 25.3 Å². The number of hydrogen-bond acceptors (Lipinski definition) is 3. The lowest BCUT2D eigenvalue weighted by Crippen LogP contribution is -2.31. The van der Waals surface area contributed by atoms with Gasteiger partial charge in [-0.05, 0) is 60.5 Å². The van der Waals surface area contributed by atoms with Gasteiger partial charge in [-0.2, -0.15) is 0 Å². The SMILES string of the molecule is CN(C)CCN(C)CCCN(C)C1CC1. The van der Waals surface area contributed by atoms with Gasteiger partial charge in [0.1, 0.15) is 0 Å². The van der Waals surface area contributed by atoms with Crippen molar-refractivity contribution in [3.63, 3.8) is 0 Å². The van der Waals surface area contributed by atoms with Crippen LogP contribution < -0.4 is 0 Å². The molecular weight excluding hydrogens is 186 g/mol. The monoisotopic (exact) mass is 213 g/mol. The summed E-state index contributed by atoms with van der Waals surface area (Å²) in [6, 6.07) is 0.914. The Hall–Kier alpha value is -0.120. The molecule has 1 fully saturated rings. The Labute approximate surface area is 95.0 Å². The zero-order valence-corrected chi connectivity index (χ0v) is 10.9. The van der Waals surface area contributed by atoms with Gasteiger partial charge in [-0.15, -0.1) is 0 Å². The quantitative estimate of drug-likeness (QED) is 0.595. The van der Waals surface area contributed by atoms with Crippen LogP contribution in [0, 0.1) is 0 Å². The van der Waals surface area contributed by atoms with Crippen molar-refractivity contribution in [1.29, 1.82) is 0 Å². The highest BCUT2D eigenvalue weighted by Crippen LogP contribution is 2.25. The summed E-state index contributed by atoms with van der Waals surface area (Å²) in [4.78, 5) is 7.19. The van der Waals surface area contributed by atoms with Crippen LogP contribution in [0.15, 0.2) is 0 Å². The summed E-state index contributed by atoms with van der Waals surface area (Å²) in [5.74, 6) is 0. The number of nitrogens with zero attached hydrogens (tertiary/aromatic N) is 3. The highest BCUT2D eigenvalue weighted by molar-refractivity contribution is 4.82. The highest BCUT2D eigenvalue weighted by Gasteiger charge is 2.25. The van der Waals surface area contributed by atoms with E-state index in [0.29, 0.717) is 0 Å². The van der Waals surface area contributed by atoms with Gasteiger partial charge < -0.3 is 14.7 Å². The summed E-state index contributed by atoms with van der Waals surface area (Å²) < 4.78 is 0. The molecule has 0 atom stereocenters. The normalized spacial score (nSPS) is 17.0. The van der Waals surface area contributed by atoms with E-state index in [1.54, 1.807) is 0 Å². The minimum absolute atomic E-state index is 0.914. The van der Waals surface area contributed by atoms with Crippen LogP contribution in [-0.2, 0) is 0 Å². The van der Waals surface area contributed by atoms with E-state index >= 15 is 0 Å². The van der Waals surface area contributed by atoms with Gasteiger partial charge in [-0.25, -0.2) is 0 Å². The standard InChI is InChI=1S/C12H27N3/c1-13(2)10-11-14(3)8-5-9-15(4)12-6-7-12/h12H,5-11H2,1-4H3. The first-order chi connectivity index (χ1) is 7.09. The first-order valence-corrected chi connectivity index (χ1v) is 6.13. The average molecular weight is 213 g/mol. The molecule has 1 saturated carbocycles. The predicted octanol–water partition coefficient (Wildman–Crippen LogP) is 0.964. The molecule has 0 aromatic carbocycles. The molecule has 15 heavy (non-hydrogen) atoms. The van der Waals surface area contributed by atoms with Crippen LogP contribution >= 0.6 is 0 Å². The minimum atomic E-state index is 0.914. The van der Waals surface area contributed by atoms with Crippen molar-refractivity contribution in [2.24, 2.45) is 0 Å². The summed E-state index contributed by atoms with van der Waals surface area (Å²) >= 11 is 0. The molecule has 3 nitrogen and oxygen atoms in total. The van der Waals surface area contributed by atoms with Gasteiger partial charge in [0.05, 0.1) is 0 Å². The van der Waals surface area contributed by atoms with Crippen molar-refractivity contribution < 1.29 is 0 Å². The molecule has 0 unspecified atom stereocenters. The number of likely N-dealkylation sites (N-methyl/N-ethyl adjacent to an activating group) is 2. The highest BCUT2D eigenvalue weighted by atomic mass is 15.2. The molecule has 0 bridgehead atoms. The molecule has 0 saturated heterocycles. The van der Waals surface area contributed by atoms with E-state index in [4.69, 9.17) is 0 Å². The fourth-order valence-corrected chi connectivity index (χ4v) is 1.77. The van der Waals surface area contributed by atoms with Gasteiger partial charge in [0, 0.05) is 19.1 Å². The lowest BCUT2D eigenvalue weighted by Gasteiger charge is -2.21. The van der Waals surface area contributed by atoms with Crippen LogP contribution in [0.2, 0.25) is 0 Å². The van der Waals surface area contributed by atoms with Gasteiger partial charge in [0.15, 0.2) is 0 Å². The Morgan fingerprint density at radius 2 is 1.53 bits per heavy atom. The Balaban J connectivity index is 1.93. The molecule has 0 aromatic heterocycles. The van der Waals surface area contributed by atoms with Crippen LogP contribution in [0.4, 0.5) is 0 Å². The molecule has 0 N–H and O–H groups in total. The Bertz CT molecular complexity index is 166. The number of hydrogen-bond donors (Lipinski definition) is 0. The number of rotatable bonds is 8. The van der Waals surface area contributed by atoms with Crippen LogP contribution in [-0.4, -0.2) is 75.1 Å². The third-order valence-electron chi connectivity index (χ3n) is 3.15. The molecule has 90 valence electrons. The molecule has 0 heterocycles. The van der Waals surface area contributed by atoms with Crippen LogP contribution in [0.5, 0.6) is 0 Å². The maximum Gasteiger partial charge on any atom is 0.0106 e. The molecule has 0 radical (unpaired) electrons. The largest absolute Gasteiger partial charge is 0.308 e. The molecule has 0 spiro atoms. The summed E-state index contributed by atoms with van der Waals surface area (Å²) in [5, 5.41) is 0. The van der Waals surface area contributed by atoms with E-state index in [9.17, 15) is 0 Å². The second kappa shape index (κ2) is 6.46. The zero-order chi connectivity index (χ0) is 11.3. The molecule has 1 rings (SSSR count). The van der Waals surface area contributed by atoms with Crippen molar-refractivity contribution in [3.8, 4) is 0 Å². The average Bonchev–Trinajstić information content (AvgIpc) is 2.97. The fraction of sp³-hybridized carbons (Fsp3) is 1.00. The zero-order valence-electron chi connectivity index (χ0n) is 10.9. The van der Waals surface area contributed by atoms with E-state index in [1.165, 1.54) is 38.9 Å². The molecule has 0 amide bonds. The maximum absolute atomic E-state index is 2.51. The molecular formula is C12H27N3. The Morgan fingerprint density at radius 1 is 0.867 bits per heavy atom. The lowest BCUT2D eigenvalue weighted by atomic mass is 10.3. The second-order valence-corrected chi connectivity index (χ2v) is 5.17. The van der Waals surface area contributed by atoms with Gasteiger partial charge >= 0.3 is 0 Å². The van der Waals surface area contributed by atoms with Crippen LogP contribution in [0.1, 0.15) is 19.3 Å². The maximum atomic E-state index is 2.51. The topological polar surface area (TPSA) is 9.72 Å². The predicted molar refractivity (Wildman–Crippen MR) is 66.3 cm³/mol. The van der Waals surface area contributed by atoms with E-state index in [0.717, 1.165) is 12.6 Å². The Morgan fingerprint density at radius 3 is 2.07 bits per heavy atom. The molecule has 0 aromatic rings. The van der Waals surface area contributed by atoms with E-state index in [-0.39, 0.29) is 0 Å². The van der Waals surface area contributed by atoms with Gasteiger partial charge in [-0.3, -0.25) is 0 Å². The molecule has 0 aliphatic heterocycles.